The average Bonchev–Trinajstić information content (AvgIpc) is 2.47. The minimum atomic E-state index is -4.83. The lowest BCUT2D eigenvalue weighted by Crippen LogP contribution is -2.29. The fraction of sp³-hybridized carbons (Fsp3) is 0.133. The summed E-state index contributed by atoms with van der Waals surface area (Å²) in [6, 6.07) is 10.2. The molecule has 4 nitrogen and oxygen atoms in total. The molecule has 2 rings (SSSR count). The summed E-state index contributed by atoms with van der Waals surface area (Å²) >= 11 is 0. The highest BCUT2D eigenvalue weighted by Crippen LogP contribution is 2.26. The second kappa shape index (κ2) is 6.99. The van der Waals surface area contributed by atoms with Crippen molar-refractivity contribution in [3.8, 4) is 5.75 Å². The van der Waals surface area contributed by atoms with Crippen molar-refractivity contribution in [3.63, 3.8) is 0 Å². The van der Waals surface area contributed by atoms with Gasteiger partial charge in [-0.1, -0.05) is 30.3 Å². The van der Waals surface area contributed by atoms with E-state index in [4.69, 9.17) is 0 Å². The minimum absolute atomic E-state index is 0.0372. The van der Waals surface area contributed by atoms with Gasteiger partial charge in [-0.25, -0.2) is 9.18 Å². The molecule has 122 valence electrons. The van der Waals surface area contributed by atoms with E-state index in [0.717, 1.165) is 6.07 Å². The van der Waals surface area contributed by atoms with Crippen LogP contribution in [0.1, 0.15) is 5.56 Å². The van der Waals surface area contributed by atoms with Gasteiger partial charge in [-0.15, -0.1) is 13.2 Å². The van der Waals surface area contributed by atoms with Gasteiger partial charge >= 0.3 is 12.4 Å². The molecular formula is C15H12F4N2O2. The number of rotatable bonds is 4. The number of carbonyl (C=O) groups excluding carboxylic acids is 1. The Kier molecular flexibility index (Phi) is 5.05. The molecule has 2 aromatic carbocycles. The molecule has 23 heavy (non-hydrogen) atoms. The second-order valence-corrected chi connectivity index (χ2v) is 4.44. The van der Waals surface area contributed by atoms with E-state index < -0.39 is 24.0 Å². The van der Waals surface area contributed by atoms with E-state index in [-0.39, 0.29) is 17.8 Å². The quantitative estimate of drug-likeness (QED) is 0.832. The molecule has 2 amide bonds. The summed E-state index contributed by atoms with van der Waals surface area (Å²) < 4.78 is 54.1. The third-order valence-electron chi connectivity index (χ3n) is 2.76. The van der Waals surface area contributed by atoms with Gasteiger partial charge in [-0.3, -0.25) is 0 Å². The monoisotopic (exact) mass is 328 g/mol. The standard InChI is InChI=1S/C15H12F4N2O2/c16-11-6-2-3-7-12(11)21-14(22)20-9-10-5-1-4-8-13(10)23-15(17,18)19/h1-8H,9H2,(H2,20,21,22). The van der Waals surface area contributed by atoms with E-state index >= 15 is 0 Å². The molecule has 0 saturated heterocycles. The lowest BCUT2D eigenvalue weighted by atomic mass is 10.2. The molecule has 0 atom stereocenters. The number of carbonyl (C=O) groups is 1. The molecule has 0 bridgehead atoms. The number of benzene rings is 2. The van der Waals surface area contributed by atoms with Gasteiger partial charge in [0.2, 0.25) is 0 Å². The van der Waals surface area contributed by atoms with Crippen LogP contribution in [0.2, 0.25) is 0 Å². The molecule has 8 heteroatoms. The van der Waals surface area contributed by atoms with E-state index in [1.54, 1.807) is 0 Å². The lowest BCUT2D eigenvalue weighted by Gasteiger charge is -2.14. The first-order chi connectivity index (χ1) is 10.8. The number of anilines is 1. The van der Waals surface area contributed by atoms with E-state index in [9.17, 15) is 22.4 Å². The molecule has 0 saturated carbocycles. The van der Waals surface area contributed by atoms with Gasteiger partial charge in [-0.2, -0.15) is 0 Å². The lowest BCUT2D eigenvalue weighted by molar-refractivity contribution is -0.274. The normalized spacial score (nSPS) is 11.0. The van der Waals surface area contributed by atoms with Crippen molar-refractivity contribution in [2.75, 3.05) is 5.32 Å². The maximum absolute atomic E-state index is 13.4. The summed E-state index contributed by atoms with van der Waals surface area (Å²) in [6.07, 6.45) is -4.83. The number of hydrogen-bond acceptors (Lipinski definition) is 2. The van der Waals surface area contributed by atoms with Gasteiger partial charge < -0.3 is 15.4 Å². The summed E-state index contributed by atoms with van der Waals surface area (Å²) in [5, 5.41) is 4.60. The topological polar surface area (TPSA) is 50.4 Å². The van der Waals surface area contributed by atoms with Gasteiger partial charge in [0.05, 0.1) is 5.69 Å². The first kappa shape index (κ1) is 16.6. The highest BCUT2D eigenvalue weighted by atomic mass is 19.4. The number of alkyl halides is 3. The van der Waals surface area contributed by atoms with Crippen LogP contribution in [0.25, 0.3) is 0 Å². The van der Waals surface area contributed by atoms with Crippen molar-refractivity contribution < 1.29 is 27.1 Å². The number of amides is 2. The van der Waals surface area contributed by atoms with Crippen LogP contribution >= 0.6 is 0 Å². The van der Waals surface area contributed by atoms with Crippen LogP contribution in [0.4, 0.5) is 28.0 Å². The van der Waals surface area contributed by atoms with Crippen LogP contribution in [0.5, 0.6) is 5.75 Å². The molecule has 0 spiro atoms. The third-order valence-corrected chi connectivity index (χ3v) is 2.76. The highest BCUT2D eigenvalue weighted by molar-refractivity contribution is 5.89. The molecule has 0 aromatic heterocycles. The van der Waals surface area contributed by atoms with E-state index in [1.807, 2.05) is 0 Å². The maximum atomic E-state index is 13.4. The summed E-state index contributed by atoms with van der Waals surface area (Å²) in [6.45, 7) is -0.216. The smallest absolute Gasteiger partial charge is 0.405 e. The molecule has 0 aliphatic carbocycles. The van der Waals surface area contributed by atoms with Gasteiger partial charge in [0, 0.05) is 12.1 Å². The minimum Gasteiger partial charge on any atom is -0.405 e. The zero-order valence-corrected chi connectivity index (χ0v) is 11.7. The molecule has 0 aliphatic rings. The van der Waals surface area contributed by atoms with Crippen molar-refractivity contribution in [1.29, 1.82) is 0 Å². The predicted octanol–water partition coefficient (Wildman–Crippen LogP) is 4.05. The molecular weight excluding hydrogens is 316 g/mol. The fourth-order valence-electron chi connectivity index (χ4n) is 1.78. The number of halogens is 4. The van der Waals surface area contributed by atoms with Gasteiger partial charge in [0.25, 0.3) is 0 Å². The average molecular weight is 328 g/mol. The first-order valence-corrected chi connectivity index (χ1v) is 6.48. The summed E-state index contributed by atoms with van der Waals surface area (Å²) in [4.78, 5) is 11.7. The second-order valence-electron chi connectivity index (χ2n) is 4.44. The van der Waals surface area contributed by atoms with Gasteiger partial charge in [-0.05, 0) is 18.2 Å². The van der Waals surface area contributed by atoms with Crippen molar-refractivity contribution >= 4 is 11.7 Å². The fourth-order valence-corrected chi connectivity index (χ4v) is 1.78. The Labute approximate surface area is 129 Å². The Morgan fingerprint density at radius 1 is 1.04 bits per heavy atom. The first-order valence-electron chi connectivity index (χ1n) is 6.48. The van der Waals surface area contributed by atoms with Crippen LogP contribution in [-0.2, 0) is 6.54 Å². The Morgan fingerprint density at radius 2 is 1.70 bits per heavy atom. The van der Waals surface area contributed by atoms with Crippen molar-refractivity contribution in [2.24, 2.45) is 0 Å². The Balaban J connectivity index is 1.98. The van der Waals surface area contributed by atoms with Crippen molar-refractivity contribution in [1.82, 2.24) is 5.32 Å². The van der Waals surface area contributed by atoms with E-state index in [2.05, 4.69) is 15.4 Å². The summed E-state index contributed by atoms with van der Waals surface area (Å²) in [7, 11) is 0. The van der Waals surface area contributed by atoms with Crippen molar-refractivity contribution in [3.05, 3.63) is 59.9 Å². The zero-order valence-electron chi connectivity index (χ0n) is 11.7. The zero-order chi connectivity index (χ0) is 16.9. The molecule has 2 aromatic rings. The maximum Gasteiger partial charge on any atom is 0.573 e. The number of para-hydroxylation sites is 2. The summed E-state index contributed by atoms with van der Waals surface area (Å²) in [5.41, 5.74) is 0.0957. The van der Waals surface area contributed by atoms with Crippen LogP contribution in [0, 0.1) is 5.82 Å². The van der Waals surface area contributed by atoms with Crippen LogP contribution in [-0.4, -0.2) is 12.4 Å². The summed E-state index contributed by atoms with van der Waals surface area (Å²) in [5.74, 6) is -1.03. The van der Waals surface area contributed by atoms with E-state index in [1.165, 1.54) is 42.5 Å². The Bertz CT molecular complexity index is 689. The largest absolute Gasteiger partial charge is 0.573 e. The SMILES string of the molecule is O=C(NCc1ccccc1OC(F)(F)F)Nc1ccccc1F. The molecule has 0 unspecified atom stereocenters. The van der Waals surface area contributed by atoms with Crippen molar-refractivity contribution in [2.45, 2.75) is 12.9 Å². The number of ether oxygens (including phenoxy) is 1. The van der Waals surface area contributed by atoms with Gasteiger partial charge in [0.15, 0.2) is 0 Å². The van der Waals surface area contributed by atoms with Gasteiger partial charge in [0.1, 0.15) is 11.6 Å². The third kappa shape index (κ3) is 5.17. The number of hydrogen-bond donors (Lipinski definition) is 2. The number of nitrogens with one attached hydrogen (secondary N) is 2. The highest BCUT2D eigenvalue weighted by Gasteiger charge is 2.31. The molecule has 2 N–H and O–H groups in total. The van der Waals surface area contributed by atoms with Crippen LogP contribution < -0.4 is 15.4 Å². The molecule has 0 radical (unpaired) electrons. The van der Waals surface area contributed by atoms with E-state index in [0.29, 0.717) is 0 Å². The van der Waals surface area contributed by atoms with Crippen LogP contribution in [0.15, 0.2) is 48.5 Å². The molecule has 0 aliphatic heterocycles. The Hall–Kier alpha value is -2.77. The Morgan fingerprint density at radius 3 is 2.39 bits per heavy atom. The van der Waals surface area contributed by atoms with Crippen LogP contribution in [0.3, 0.4) is 0 Å². The number of urea groups is 1. The molecule has 0 fully saturated rings. The molecule has 0 heterocycles. The predicted molar refractivity (Wildman–Crippen MR) is 75.4 cm³/mol.